The van der Waals surface area contributed by atoms with E-state index in [1.54, 1.807) is 0 Å². The van der Waals surface area contributed by atoms with Crippen LogP contribution in [0.2, 0.25) is 0 Å². The van der Waals surface area contributed by atoms with Gasteiger partial charge in [0.15, 0.2) is 0 Å². The molecular weight excluding hydrogens is 422 g/mol. The zero-order chi connectivity index (χ0) is 24.3. The van der Waals surface area contributed by atoms with Crippen LogP contribution >= 0.6 is 0 Å². The van der Waals surface area contributed by atoms with Gasteiger partial charge in [0.25, 0.3) is 11.8 Å². The molecule has 5 heteroatoms. The lowest BCUT2D eigenvalue weighted by Crippen LogP contribution is -2.39. The first-order valence-electron chi connectivity index (χ1n) is 12.8. The van der Waals surface area contributed by atoms with Crippen LogP contribution < -0.4 is 10.2 Å². The van der Waals surface area contributed by atoms with Crippen LogP contribution in [0.1, 0.15) is 86.1 Å². The first-order valence-corrected chi connectivity index (χ1v) is 12.8. The quantitative estimate of drug-likeness (QED) is 0.599. The van der Waals surface area contributed by atoms with Gasteiger partial charge in [0.05, 0.1) is 5.56 Å². The predicted molar refractivity (Wildman–Crippen MR) is 140 cm³/mol. The van der Waals surface area contributed by atoms with Gasteiger partial charge in [-0.1, -0.05) is 39.8 Å². The van der Waals surface area contributed by atoms with Crippen molar-refractivity contribution in [1.29, 1.82) is 0 Å². The predicted octanol–water partition coefficient (Wildman–Crippen LogP) is 6.10. The number of amides is 2. The maximum absolute atomic E-state index is 13.6. The van der Waals surface area contributed by atoms with Crippen molar-refractivity contribution in [1.82, 2.24) is 4.90 Å². The lowest BCUT2D eigenvalue weighted by molar-refractivity contribution is 0.0697. The summed E-state index contributed by atoms with van der Waals surface area (Å²) in [5, 5.41) is 3.02. The molecule has 2 aromatic carbocycles. The van der Waals surface area contributed by atoms with E-state index in [-0.39, 0.29) is 17.2 Å². The first kappa shape index (κ1) is 24.3. The molecule has 2 amide bonds. The third-order valence-corrected chi connectivity index (χ3v) is 7.27. The minimum Gasteiger partial charge on any atom is -0.371 e. The zero-order valence-electron chi connectivity index (χ0n) is 21.2. The molecule has 182 valence electrons. The van der Waals surface area contributed by atoms with E-state index < -0.39 is 0 Å². The molecule has 0 aromatic heterocycles. The third-order valence-electron chi connectivity index (χ3n) is 7.27. The lowest BCUT2D eigenvalue weighted by atomic mass is 9.87. The number of hydrogen-bond acceptors (Lipinski definition) is 3. The second kappa shape index (κ2) is 10.2. The van der Waals surface area contributed by atoms with E-state index in [4.69, 9.17) is 0 Å². The molecule has 0 bridgehead atoms. The third kappa shape index (κ3) is 5.63. The van der Waals surface area contributed by atoms with Crippen LogP contribution in [-0.4, -0.2) is 42.9 Å². The molecule has 0 aliphatic carbocycles. The molecule has 2 aromatic rings. The molecule has 5 nitrogen and oxygen atoms in total. The molecule has 2 aliphatic heterocycles. The molecule has 4 rings (SSSR count). The van der Waals surface area contributed by atoms with Crippen LogP contribution in [0.15, 0.2) is 42.5 Å². The maximum Gasteiger partial charge on any atom is 0.256 e. The first-order chi connectivity index (χ1) is 16.2. The van der Waals surface area contributed by atoms with Gasteiger partial charge in [0.1, 0.15) is 0 Å². The van der Waals surface area contributed by atoms with Crippen molar-refractivity contribution in [2.75, 3.05) is 36.4 Å². The van der Waals surface area contributed by atoms with E-state index in [9.17, 15) is 9.59 Å². The highest BCUT2D eigenvalue weighted by Gasteiger charge is 2.26. The summed E-state index contributed by atoms with van der Waals surface area (Å²) in [6.45, 7) is 12.3. The number of benzene rings is 2. The highest BCUT2D eigenvalue weighted by atomic mass is 16.2. The Bertz CT molecular complexity index is 1010. The van der Waals surface area contributed by atoms with Crippen molar-refractivity contribution in [3.05, 3.63) is 59.2 Å². The van der Waals surface area contributed by atoms with Crippen LogP contribution in [-0.2, 0) is 5.41 Å². The Balaban J connectivity index is 1.57. The smallest absolute Gasteiger partial charge is 0.256 e. The number of nitrogens with one attached hydrogen (secondary N) is 1. The zero-order valence-corrected chi connectivity index (χ0v) is 21.2. The number of carbonyl (C=O) groups excluding carboxylic acids is 2. The Kier molecular flexibility index (Phi) is 7.30. The summed E-state index contributed by atoms with van der Waals surface area (Å²) in [7, 11) is 0. The van der Waals surface area contributed by atoms with Gasteiger partial charge in [0.2, 0.25) is 0 Å². The van der Waals surface area contributed by atoms with Crippen LogP contribution in [0.25, 0.3) is 0 Å². The van der Waals surface area contributed by atoms with E-state index in [0.29, 0.717) is 22.7 Å². The average molecular weight is 462 g/mol. The Hall–Kier alpha value is -2.82. The number of piperidine rings is 2. The molecule has 0 unspecified atom stereocenters. The highest BCUT2D eigenvalue weighted by Crippen LogP contribution is 2.30. The van der Waals surface area contributed by atoms with Crippen molar-refractivity contribution in [3.8, 4) is 0 Å². The summed E-state index contributed by atoms with van der Waals surface area (Å²) >= 11 is 0. The van der Waals surface area contributed by atoms with E-state index in [1.165, 1.54) is 12.0 Å². The standard InChI is InChI=1S/C29H39N3O2/c1-21-14-18-32(19-15-21)28(34)25-20-24(12-13-26(25)31-16-6-5-7-17-31)30-27(33)22-8-10-23(11-9-22)29(2,3)4/h8-13,20-21H,5-7,14-19H2,1-4H3,(H,30,33). The van der Waals surface area contributed by atoms with Gasteiger partial charge in [-0.15, -0.1) is 0 Å². The van der Waals surface area contributed by atoms with Gasteiger partial charge in [-0.2, -0.15) is 0 Å². The Morgan fingerprint density at radius 2 is 1.53 bits per heavy atom. The molecule has 0 spiro atoms. The Labute approximate surface area is 204 Å². The molecule has 1 N–H and O–H groups in total. The maximum atomic E-state index is 13.6. The highest BCUT2D eigenvalue weighted by molar-refractivity contribution is 6.06. The van der Waals surface area contributed by atoms with Crippen molar-refractivity contribution in [2.45, 2.75) is 65.2 Å². The van der Waals surface area contributed by atoms with Gasteiger partial charge in [-0.25, -0.2) is 0 Å². The van der Waals surface area contributed by atoms with Gasteiger partial charge in [0, 0.05) is 43.1 Å². The molecule has 0 atom stereocenters. The van der Waals surface area contributed by atoms with E-state index >= 15 is 0 Å². The monoisotopic (exact) mass is 461 g/mol. The number of hydrogen-bond donors (Lipinski definition) is 1. The summed E-state index contributed by atoms with van der Waals surface area (Å²) < 4.78 is 0. The topological polar surface area (TPSA) is 52.7 Å². The van der Waals surface area contributed by atoms with Gasteiger partial charge >= 0.3 is 0 Å². The van der Waals surface area contributed by atoms with Crippen LogP contribution in [0.3, 0.4) is 0 Å². The SMILES string of the molecule is CC1CCN(C(=O)c2cc(NC(=O)c3ccc(C(C)(C)C)cc3)ccc2N2CCCCC2)CC1. The van der Waals surface area contributed by atoms with E-state index in [1.807, 2.05) is 47.4 Å². The minimum atomic E-state index is -0.156. The fourth-order valence-corrected chi connectivity index (χ4v) is 4.90. The average Bonchev–Trinajstić information content (AvgIpc) is 2.84. The van der Waals surface area contributed by atoms with Crippen LogP contribution in [0.5, 0.6) is 0 Å². The van der Waals surface area contributed by atoms with Crippen molar-refractivity contribution < 1.29 is 9.59 Å². The fourth-order valence-electron chi connectivity index (χ4n) is 4.90. The molecule has 2 saturated heterocycles. The lowest BCUT2D eigenvalue weighted by Gasteiger charge is -2.34. The fraction of sp³-hybridized carbons (Fsp3) is 0.517. The molecule has 2 fully saturated rings. The summed E-state index contributed by atoms with van der Waals surface area (Å²) in [5.74, 6) is 0.593. The molecular formula is C29H39N3O2. The number of nitrogens with zero attached hydrogens (tertiary/aromatic N) is 2. The van der Waals surface area contributed by atoms with Crippen molar-refractivity contribution >= 4 is 23.2 Å². The van der Waals surface area contributed by atoms with E-state index in [0.717, 1.165) is 57.5 Å². The number of anilines is 2. The normalized spacial score (nSPS) is 17.5. The summed E-state index contributed by atoms with van der Waals surface area (Å²) in [4.78, 5) is 30.9. The second-order valence-corrected chi connectivity index (χ2v) is 11.0. The van der Waals surface area contributed by atoms with Crippen molar-refractivity contribution in [2.24, 2.45) is 5.92 Å². The number of likely N-dealkylation sites (tertiary alicyclic amines) is 1. The number of carbonyl (C=O) groups is 2. The second-order valence-electron chi connectivity index (χ2n) is 11.0. The van der Waals surface area contributed by atoms with Gasteiger partial charge < -0.3 is 15.1 Å². The molecule has 34 heavy (non-hydrogen) atoms. The Morgan fingerprint density at radius 3 is 2.15 bits per heavy atom. The summed E-state index contributed by atoms with van der Waals surface area (Å²) in [6.07, 6.45) is 5.64. The largest absolute Gasteiger partial charge is 0.371 e. The molecule has 0 radical (unpaired) electrons. The Morgan fingerprint density at radius 1 is 0.882 bits per heavy atom. The molecule has 2 heterocycles. The summed E-state index contributed by atoms with van der Waals surface area (Å²) in [5.41, 5.74) is 4.22. The summed E-state index contributed by atoms with van der Waals surface area (Å²) in [6, 6.07) is 13.6. The van der Waals surface area contributed by atoms with Gasteiger partial charge in [-0.05, 0) is 79.3 Å². The number of rotatable bonds is 4. The van der Waals surface area contributed by atoms with Crippen LogP contribution in [0, 0.1) is 5.92 Å². The van der Waals surface area contributed by atoms with Crippen LogP contribution in [0.4, 0.5) is 11.4 Å². The minimum absolute atomic E-state index is 0.0425. The molecule has 0 saturated carbocycles. The van der Waals surface area contributed by atoms with Gasteiger partial charge in [-0.3, -0.25) is 9.59 Å². The molecule has 2 aliphatic rings. The van der Waals surface area contributed by atoms with Crippen molar-refractivity contribution in [3.63, 3.8) is 0 Å². The van der Waals surface area contributed by atoms with E-state index in [2.05, 4.69) is 37.9 Å².